The van der Waals surface area contributed by atoms with Crippen molar-refractivity contribution in [3.63, 3.8) is 0 Å². The first-order valence-corrected chi connectivity index (χ1v) is 25.5. The maximum atomic E-state index is 6.92. The molecule has 0 saturated heterocycles. The van der Waals surface area contributed by atoms with E-state index in [1.54, 1.807) is 0 Å². The monoisotopic (exact) mass is 944 g/mol. The topological polar surface area (TPSA) is 35.2 Å². The molecular formula is C68H56N4O. The van der Waals surface area contributed by atoms with Crippen molar-refractivity contribution in [1.82, 2.24) is 14.1 Å². The molecular weight excluding hydrogens is 889 g/mol. The summed E-state index contributed by atoms with van der Waals surface area (Å²) in [5, 5.41) is 9.58. The van der Waals surface area contributed by atoms with E-state index >= 15 is 0 Å². The number of anilines is 2. The van der Waals surface area contributed by atoms with Gasteiger partial charge in [-0.3, -0.25) is 4.57 Å². The van der Waals surface area contributed by atoms with E-state index in [1.165, 1.54) is 82.1 Å². The molecule has 5 heteroatoms. The van der Waals surface area contributed by atoms with Gasteiger partial charge in [0.15, 0.2) is 0 Å². The van der Waals surface area contributed by atoms with Crippen molar-refractivity contribution in [2.24, 2.45) is 0 Å². The van der Waals surface area contributed by atoms with Crippen molar-refractivity contribution < 1.29 is 4.74 Å². The predicted octanol–water partition coefficient (Wildman–Crippen LogP) is 18.5. The smallest absolute Gasteiger partial charge is 0.137 e. The van der Waals surface area contributed by atoms with Crippen LogP contribution in [0.1, 0.15) is 52.7 Å². The van der Waals surface area contributed by atoms with Crippen molar-refractivity contribution in [1.29, 1.82) is 0 Å². The number of pyridine rings is 1. The first-order chi connectivity index (χ1) is 35.5. The van der Waals surface area contributed by atoms with Crippen LogP contribution in [0.15, 0.2) is 219 Å². The van der Waals surface area contributed by atoms with Gasteiger partial charge in [0, 0.05) is 51.1 Å². The molecule has 4 heterocycles. The molecule has 0 fully saturated rings. The highest BCUT2D eigenvalue weighted by Crippen LogP contribution is 2.46. The normalized spacial score (nSPS) is 12.7. The first-order valence-electron chi connectivity index (χ1n) is 25.5. The summed E-state index contributed by atoms with van der Waals surface area (Å²) in [6.07, 6.45) is 1.93. The molecule has 5 nitrogen and oxygen atoms in total. The van der Waals surface area contributed by atoms with Gasteiger partial charge in [0.2, 0.25) is 0 Å². The number of para-hydroxylation sites is 3. The van der Waals surface area contributed by atoms with E-state index in [1.807, 2.05) is 6.20 Å². The SMILES string of the molecule is CC(C)(C)c1cc(-c2ccccc2)cc(-c2cccc3c4ccccc4c4ccccc4c4cccc5c4n(c23)CN5c2cccc(Oc3ccc4c5ccccc5n(-c5cc(C(C)(C)C)ccn5)c4c3)c2)c1. The van der Waals surface area contributed by atoms with Crippen molar-refractivity contribution >= 4 is 76.5 Å². The lowest BCUT2D eigenvalue weighted by atomic mass is 9.83. The Bertz CT molecular complexity index is 4240. The molecule has 0 N–H and O–H groups in total. The number of hydrogen-bond acceptors (Lipinski definition) is 3. The molecule has 1 aliphatic heterocycles. The van der Waals surface area contributed by atoms with Gasteiger partial charge in [0.05, 0.1) is 27.8 Å². The molecule has 354 valence electrons. The van der Waals surface area contributed by atoms with Crippen molar-refractivity contribution in [3.05, 3.63) is 230 Å². The Labute approximate surface area is 426 Å². The molecule has 9 aromatic carbocycles. The van der Waals surface area contributed by atoms with Crippen LogP contribution in [0, 0.1) is 0 Å². The van der Waals surface area contributed by atoms with E-state index in [0.717, 1.165) is 45.1 Å². The lowest BCUT2D eigenvalue weighted by Crippen LogP contribution is -2.15. The quantitative estimate of drug-likeness (QED) is 0.167. The standard InChI is InChI=1S/C68H56N4O/c1-67(2,3)47-35-36-69-64(40-47)72-61-31-15-14-27-57(61)58-34-33-51(42-63(58)72)73-50-22-16-21-49(41-50)70-43-71-65-52(46-37-45(44-19-8-7-9-20-44)38-48(39-46)68(4,5)6)28-17-29-59(65)55-25-12-10-23-53(55)54-24-11-13-26-56(54)60-30-18-32-62(70)66(60)71/h7-42H,43H2,1-6H3. The van der Waals surface area contributed by atoms with Crippen LogP contribution in [0.5, 0.6) is 11.5 Å². The Morgan fingerprint density at radius 2 is 1.00 bits per heavy atom. The third-order valence-corrected chi connectivity index (χ3v) is 15.0. The molecule has 0 aliphatic carbocycles. The van der Waals surface area contributed by atoms with Crippen LogP contribution in [0.25, 0.3) is 93.2 Å². The predicted molar refractivity (Wildman–Crippen MR) is 308 cm³/mol. The zero-order valence-corrected chi connectivity index (χ0v) is 42.2. The fourth-order valence-electron chi connectivity index (χ4n) is 11.3. The third kappa shape index (κ3) is 7.58. The Kier molecular flexibility index (Phi) is 10.3. The second-order valence-corrected chi connectivity index (χ2v) is 21.7. The van der Waals surface area contributed by atoms with Crippen LogP contribution < -0.4 is 9.64 Å². The molecule has 3 aromatic heterocycles. The van der Waals surface area contributed by atoms with Crippen molar-refractivity contribution in [2.75, 3.05) is 4.90 Å². The molecule has 0 spiro atoms. The lowest BCUT2D eigenvalue weighted by Gasteiger charge is -2.23. The summed E-state index contributed by atoms with van der Waals surface area (Å²) in [5.74, 6) is 2.41. The van der Waals surface area contributed by atoms with Gasteiger partial charge in [-0.05, 0) is 115 Å². The number of aromatic nitrogens is 3. The molecule has 12 aromatic rings. The summed E-state index contributed by atoms with van der Waals surface area (Å²) in [7, 11) is 0. The molecule has 0 atom stereocenters. The van der Waals surface area contributed by atoms with Crippen LogP contribution in [0.3, 0.4) is 0 Å². The van der Waals surface area contributed by atoms with Crippen molar-refractivity contribution in [3.8, 4) is 39.6 Å². The van der Waals surface area contributed by atoms with Crippen LogP contribution in [-0.2, 0) is 17.5 Å². The molecule has 13 rings (SSSR count). The average Bonchev–Trinajstić information content (AvgIpc) is 3.97. The van der Waals surface area contributed by atoms with Gasteiger partial charge in [-0.15, -0.1) is 0 Å². The zero-order valence-electron chi connectivity index (χ0n) is 42.2. The van der Waals surface area contributed by atoms with Gasteiger partial charge in [-0.2, -0.15) is 0 Å². The number of ether oxygens (including phenoxy) is 1. The zero-order chi connectivity index (χ0) is 49.6. The van der Waals surface area contributed by atoms with E-state index < -0.39 is 0 Å². The number of nitrogens with zero attached hydrogens (tertiary/aromatic N) is 4. The van der Waals surface area contributed by atoms with Gasteiger partial charge in [0.1, 0.15) is 24.0 Å². The minimum absolute atomic E-state index is 0.0219. The first kappa shape index (κ1) is 44.3. The Balaban J connectivity index is 1.01. The number of rotatable bonds is 6. The Hall–Kier alpha value is -8.67. The Morgan fingerprint density at radius 3 is 1.73 bits per heavy atom. The minimum atomic E-state index is -0.0782. The van der Waals surface area contributed by atoms with Crippen molar-refractivity contribution in [2.45, 2.75) is 59.0 Å². The van der Waals surface area contributed by atoms with Gasteiger partial charge < -0.3 is 14.2 Å². The molecule has 0 unspecified atom stereocenters. The third-order valence-electron chi connectivity index (χ3n) is 15.0. The highest BCUT2D eigenvalue weighted by atomic mass is 16.5. The maximum absolute atomic E-state index is 6.92. The maximum Gasteiger partial charge on any atom is 0.137 e. The van der Waals surface area contributed by atoms with Gasteiger partial charge in [-0.1, -0.05) is 187 Å². The fraction of sp³-hybridized carbons (Fsp3) is 0.132. The minimum Gasteiger partial charge on any atom is -0.457 e. The molecule has 1 aliphatic rings. The van der Waals surface area contributed by atoms with E-state index in [2.05, 4.69) is 268 Å². The second kappa shape index (κ2) is 17.0. The van der Waals surface area contributed by atoms with E-state index in [4.69, 9.17) is 9.72 Å². The van der Waals surface area contributed by atoms with Crippen LogP contribution in [0.2, 0.25) is 0 Å². The summed E-state index contributed by atoms with van der Waals surface area (Å²) in [4.78, 5) is 7.38. The van der Waals surface area contributed by atoms with Crippen LogP contribution in [0.4, 0.5) is 11.4 Å². The summed E-state index contributed by atoms with van der Waals surface area (Å²) in [6, 6.07) is 77.5. The number of benzene rings is 9. The second-order valence-electron chi connectivity index (χ2n) is 21.7. The largest absolute Gasteiger partial charge is 0.457 e. The van der Waals surface area contributed by atoms with E-state index in [0.29, 0.717) is 6.67 Å². The van der Waals surface area contributed by atoms with Crippen LogP contribution in [-0.4, -0.2) is 14.1 Å². The summed E-state index contributed by atoms with van der Waals surface area (Å²) < 4.78 is 11.8. The van der Waals surface area contributed by atoms with Crippen LogP contribution >= 0.6 is 0 Å². The lowest BCUT2D eigenvalue weighted by molar-refractivity contribution is 0.483. The molecule has 73 heavy (non-hydrogen) atoms. The molecule has 0 amide bonds. The molecule has 0 saturated carbocycles. The van der Waals surface area contributed by atoms with Gasteiger partial charge >= 0.3 is 0 Å². The highest BCUT2D eigenvalue weighted by Gasteiger charge is 2.27. The van der Waals surface area contributed by atoms with E-state index in [9.17, 15) is 0 Å². The summed E-state index contributed by atoms with van der Waals surface area (Å²) in [5.41, 5.74) is 13.9. The molecule has 0 bridgehead atoms. The van der Waals surface area contributed by atoms with E-state index in [-0.39, 0.29) is 10.8 Å². The van der Waals surface area contributed by atoms with Gasteiger partial charge in [0.25, 0.3) is 0 Å². The highest BCUT2D eigenvalue weighted by molar-refractivity contribution is 6.22. The number of hydrogen-bond donors (Lipinski definition) is 0. The molecule has 0 radical (unpaired) electrons. The number of fused-ring (bicyclic) bond motifs is 10. The Morgan fingerprint density at radius 1 is 0.411 bits per heavy atom. The fourth-order valence-corrected chi connectivity index (χ4v) is 11.3. The van der Waals surface area contributed by atoms with Gasteiger partial charge in [-0.25, -0.2) is 4.98 Å². The summed E-state index contributed by atoms with van der Waals surface area (Å²) in [6.45, 7) is 14.3. The summed E-state index contributed by atoms with van der Waals surface area (Å²) >= 11 is 0. The average molecular weight is 945 g/mol.